The highest BCUT2D eigenvalue weighted by Crippen LogP contribution is 2.30. The minimum absolute atomic E-state index is 0.102. The number of piperazine rings is 1. The Morgan fingerprint density at radius 3 is 2.09 bits per heavy atom. The van der Waals surface area contributed by atoms with Crippen molar-refractivity contribution in [1.82, 2.24) is 15.1 Å². The Bertz CT molecular complexity index is 397. The van der Waals surface area contributed by atoms with Gasteiger partial charge in [-0.1, -0.05) is 13.8 Å². The number of amides is 2. The van der Waals surface area contributed by atoms with E-state index in [1.54, 1.807) is 0 Å². The molecular formula is C18H33N3O2. The first kappa shape index (κ1) is 18.2. The van der Waals surface area contributed by atoms with Crippen molar-refractivity contribution in [2.75, 3.05) is 32.7 Å². The summed E-state index contributed by atoms with van der Waals surface area (Å²) in [4.78, 5) is 29.3. The van der Waals surface area contributed by atoms with Gasteiger partial charge in [-0.25, -0.2) is 0 Å². The van der Waals surface area contributed by atoms with E-state index in [2.05, 4.69) is 24.1 Å². The fourth-order valence-corrected chi connectivity index (χ4v) is 3.61. The number of carbonyl (C=O) groups excluding carboxylic acids is 2. The van der Waals surface area contributed by atoms with Gasteiger partial charge in [0.1, 0.15) is 0 Å². The summed E-state index contributed by atoms with van der Waals surface area (Å²) in [6.45, 7) is 11.1. The third kappa shape index (κ3) is 4.93. The van der Waals surface area contributed by atoms with Gasteiger partial charge in [0, 0.05) is 44.1 Å². The highest BCUT2D eigenvalue weighted by Gasteiger charge is 2.33. The van der Waals surface area contributed by atoms with Crippen molar-refractivity contribution in [3.05, 3.63) is 0 Å². The molecule has 2 rings (SSSR count). The van der Waals surface area contributed by atoms with Crippen LogP contribution in [-0.2, 0) is 9.59 Å². The van der Waals surface area contributed by atoms with Crippen molar-refractivity contribution in [2.45, 2.75) is 58.9 Å². The monoisotopic (exact) mass is 323 g/mol. The van der Waals surface area contributed by atoms with E-state index in [4.69, 9.17) is 0 Å². The molecule has 0 bridgehead atoms. The van der Waals surface area contributed by atoms with Crippen LogP contribution in [0.15, 0.2) is 0 Å². The quantitative estimate of drug-likeness (QED) is 0.840. The summed E-state index contributed by atoms with van der Waals surface area (Å²) < 4.78 is 0. The molecule has 1 N–H and O–H groups in total. The van der Waals surface area contributed by atoms with E-state index in [1.807, 2.05) is 11.8 Å². The first-order valence-corrected chi connectivity index (χ1v) is 9.36. The second kappa shape index (κ2) is 8.67. The molecule has 1 aliphatic carbocycles. The molecule has 1 aliphatic heterocycles. The van der Waals surface area contributed by atoms with Gasteiger partial charge in [0.25, 0.3) is 0 Å². The third-order valence-corrected chi connectivity index (χ3v) is 5.58. The van der Waals surface area contributed by atoms with E-state index in [9.17, 15) is 9.59 Å². The second-order valence-electron chi connectivity index (χ2n) is 7.13. The largest absolute Gasteiger partial charge is 0.353 e. The average molecular weight is 323 g/mol. The van der Waals surface area contributed by atoms with Crippen LogP contribution in [0.4, 0.5) is 0 Å². The topological polar surface area (TPSA) is 52.7 Å². The smallest absolute Gasteiger partial charge is 0.225 e. The SMILES string of the molecule is CCC(C)NC(=O)C1CCC(C(=O)N2CCN(CC)CC2)CC1. The summed E-state index contributed by atoms with van der Waals surface area (Å²) in [7, 11) is 0. The standard InChI is InChI=1S/C18H33N3O2/c1-4-14(3)19-17(22)15-6-8-16(9-7-15)18(23)21-12-10-20(5-2)11-13-21/h14-16H,4-13H2,1-3H3,(H,19,22). The number of nitrogens with one attached hydrogen (secondary N) is 1. The number of hydrogen-bond acceptors (Lipinski definition) is 3. The molecule has 5 heteroatoms. The van der Waals surface area contributed by atoms with Crippen LogP contribution in [0.5, 0.6) is 0 Å². The summed E-state index contributed by atoms with van der Waals surface area (Å²) >= 11 is 0. The van der Waals surface area contributed by atoms with Gasteiger partial charge in [0.2, 0.25) is 11.8 Å². The van der Waals surface area contributed by atoms with Crippen LogP contribution >= 0.6 is 0 Å². The maximum Gasteiger partial charge on any atom is 0.225 e. The van der Waals surface area contributed by atoms with Crippen LogP contribution in [0, 0.1) is 11.8 Å². The first-order valence-electron chi connectivity index (χ1n) is 9.36. The zero-order chi connectivity index (χ0) is 16.8. The van der Waals surface area contributed by atoms with Crippen molar-refractivity contribution < 1.29 is 9.59 Å². The fraction of sp³-hybridized carbons (Fsp3) is 0.889. The summed E-state index contributed by atoms with van der Waals surface area (Å²) in [5.41, 5.74) is 0. The molecule has 1 atom stereocenters. The Morgan fingerprint density at radius 1 is 1.00 bits per heavy atom. The number of hydrogen-bond donors (Lipinski definition) is 1. The Kier molecular flexibility index (Phi) is 6.88. The van der Waals surface area contributed by atoms with Crippen LogP contribution in [0.25, 0.3) is 0 Å². The highest BCUT2D eigenvalue weighted by molar-refractivity contribution is 5.81. The molecule has 0 aromatic heterocycles. The Balaban J connectivity index is 1.75. The maximum absolute atomic E-state index is 12.7. The number of nitrogens with zero attached hydrogens (tertiary/aromatic N) is 2. The summed E-state index contributed by atoms with van der Waals surface area (Å²) in [6.07, 6.45) is 4.40. The predicted molar refractivity (Wildman–Crippen MR) is 92.0 cm³/mol. The molecule has 2 aliphatic rings. The Morgan fingerprint density at radius 2 is 1.57 bits per heavy atom. The minimum atomic E-state index is 0.102. The van der Waals surface area contributed by atoms with Crippen molar-refractivity contribution in [2.24, 2.45) is 11.8 Å². The molecule has 2 amide bonds. The van der Waals surface area contributed by atoms with Crippen LogP contribution in [0.1, 0.15) is 52.9 Å². The van der Waals surface area contributed by atoms with Crippen LogP contribution < -0.4 is 5.32 Å². The summed E-state index contributed by atoms with van der Waals surface area (Å²) in [6, 6.07) is 0.247. The van der Waals surface area contributed by atoms with Gasteiger partial charge in [0.15, 0.2) is 0 Å². The van der Waals surface area contributed by atoms with Gasteiger partial charge >= 0.3 is 0 Å². The number of rotatable bonds is 5. The molecule has 0 aromatic carbocycles. The van der Waals surface area contributed by atoms with E-state index < -0.39 is 0 Å². The molecule has 1 heterocycles. The molecule has 0 spiro atoms. The minimum Gasteiger partial charge on any atom is -0.353 e. The van der Waals surface area contributed by atoms with E-state index in [0.29, 0.717) is 5.91 Å². The molecular weight excluding hydrogens is 290 g/mol. The van der Waals surface area contributed by atoms with Gasteiger partial charge < -0.3 is 15.1 Å². The van der Waals surface area contributed by atoms with E-state index in [-0.39, 0.29) is 23.8 Å². The summed E-state index contributed by atoms with van der Waals surface area (Å²) in [5.74, 6) is 0.740. The molecule has 2 fully saturated rings. The second-order valence-corrected chi connectivity index (χ2v) is 7.13. The van der Waals surface area contributed by atoms with E-state index >= 15 is 0 Å². The Hall–Kier alpha value is -1.10. The molecule has 23 heavy (non-hydrogen) atoms. The highest BCUT2D eigenvalue weighted by atomic mass is 16.2. The molecule has 1 unspecified atom stereocenters. The lowest BCUT2D eigenvalue weighted by Crippen LogP contribution is -2.50. The molecule has 0 radical (unpaired) electrons. The predicted octanol–water partition coefficient (Wildman–Crippen LogP) is 1.87. The Labute approximate surface area is 140 Å². The molecule has 132 valence electrons. The van der Waals surface area contributed by atoms with Crippen LogP contribution in [0.2, 0.25) is 0 Å². The van der Waals surface area contributed by atoms with E-state index in [0.717, 1.165) is 64.8 Å². The molecule has 5 nitrogen and oxygen atoms in total. The third-order valence-electron chi connectivity index (χ3n) is 5.58. The average Bonchev–Trinajstić information content (AvgIpc) is 2.61. The lowest BCUT2D eigenvalue weighted by atomic mass is 9.80. The van der Waals surface area contributed by atoms with Crippen molar-refractivity contribution >= 4 is 11.8 Å². The van der Waals surface area contributed by atoms with Gasteiger partial charge in [0.05, 0.1) is 0 Å². The van der Waals surface area contributed by atoms with Gasteiger partial charge in [-0.05, 0) is 45.6 Å². The number of carbonyl (C=O) groups is 2. The normalized spacial score (nSPS) is 27.5. The first-order chi connectivity index (χ1) is 11.0. The molecule has 0 aromatic rings. The number of likely N-dealkylation sites (N-methyl/N-ethyl adjacent to an activating group) is 1. The zero-order valence-corrected chi connectivity index (χ0v) is 15.0. The molecule has 1 saturated heterocycles. The lowest BCUT2D eigenvalue weighted by molar-refractivity contribution is -0.140. The van der Waals surface area contributed by atoms with Crippen molar-refractivity contribution in [3.63, 3.8) is 0 Å². The summed E-state index contributed by atoms with van der Waals surface area (Å²) in [5, 5.41) is 3.08. The van der Waals surface area contributed by atoms with E-state index in [1.165, 1.54) is 0 Å². The lowest BCUT2D eigenvalue weighted by Gasteiger charge is -2.37. The van der Waals surface area contributed by atoms with Gasteiger partial charge in [-0.3, -0.25) is 9.59 Å². The molecule has 1 saturated carbocycles. The van der Waals surface area contributed by atoms with Gasteiger partial charge in [-0.2, -0.15) is 0 Å². The van der Waals surface area contributed by atoms with Crippen molar-refractivity contribution in [1.29, 1.82) is 0 Å². The fourth-order valence-electron chi connectivity index (χ4n) is 3.61. The van der Waals surface area contributed by atoms with Crippen molar-refractivity contribution in [3.8, 4) is 0 Å². The van der Waals surface area contributed by atoms with Gasteiger partial charge in [-0.15, -0.1) is 0 Å². The van der Waals surface area contributed by atoms with Crippen LogP contribution in [0.3, 0.4) is 0 Å². The maximum atomic E-state index is 12.7. The zero-order valence-electron chi connectivity index (χ0n) is 15.0. The van der Waals surface area contributed by atoms with Crippen LogP contribution in [-0.4, -0.2) is 60.4 Å².